The second kappa shape index (κ2) is 6.01. The molecule has 0 aliphatic heterocycles. The van der Waals surface area contributed by atoms with E-state index in [0.717, 1.165) is 6.07 Å². The Hall–Kier alpha value is -1.34. The fourth-order valence-electron chi connectivity index (χ4n) is 1.28. The molecule has 0 aromatic heterocycles. The standard InChI is InChI=1S/C11H12F4O3/c1-17-7-2-3-8(9(12)4-7)10(16)5-18-6-11(13,14)15/h2-4,10,16H,5-6H2,1H3. The SMILES string of the molecule is COc1ccc(C(O)COCC(F)(F)F)c(F)c1. The molecule has 0 amide bonds. The van der Waals surface area contributed by atoms with Crippen LogP contribution in [0.25, 0.3) is 0 Å². The van der Waals surface area contributed by atoms with Crippen LogP contribution in [0.5, 0.6) is 5.75 Å². The van der Waals surface area contributed by atoms with E-state index < -0.39 is 31.3 Å². The zero-order chi connectivity index (χ0) is 13.8. The van der Waals surface area contributed by atoms with Crippen molar-refractivity contribution in [2.45, 2.75) is 12.3 Å². The van der Waals surface area contributed by atoms with Crippen LogP contribution < -0.4 is 4.74 Å². The van der Waals surface area contributed by atoms with E-state index in [1.54, 1.807) is 0 Å². The van der Waals surface area contributed by atoms with Gasteiger partial charge in [0.2, 0.25) is 0 Å². The number of methoxy groups -OCH3 is 1. The van der Waals surface area contributed by atoms with Gasteiger partial charge in [0.1, 0.15) is 24.3 Å². The lowest BCUT2D eigenvalue weighted by Gasteiger charge is -2.14. The first kappa shape index (κ1) is 14.7. The van der Waals surface area contributed by atoms with Crippen molar-refractivity contribution in [3.05, 3.63) is 29.6 Å². The molecule has 0 radical (unpaired) electrons. The molecule has 1 N–H and O–H groups in total. The summed E-state index contributed by atoms with van der Waals surface area (Å²) in [6, 6.07) is 3.66. The lowest BCUT2D eigenvalue weighted by Crippen LogP contribution is -2.20. The molecule has 0 saturated carbocycles. The maximum atomic E-state index is 13.4. The van der Waals surface area contributed by atoms with Gasteiger partial charge in [0.25, 0.3) is 0 Å². The lowest BCUT2D eigenvalue weighted by atomic mass is 10.1. The summed E-state index contributed by atoms with van der Waals surface area (Å²) < 4.78 is 57.8. The van der Waals surface area contributed by atoms with Crippen LogP contribution in [0.3, 0.4) is 0 Å². The van der Waals surface area contributed by atoms with E-state index in [1.807, 2.05) is 0 Å². The highest BCUT2D eigenvalue weighted by atomic mass is 19.4. The molecule has 3 nitrogen and oxygen atoms in total. The topological polar surface area (TPSA) is 38.7 Å². The highest BCUT2D eigenvalue weighted by Crippen LogP contribution is 2.23. The van der Waals surface area contributed by atoms with E-state index in [0.29, 0.717) is 0 Å². The van der Waals surface area contributed by atoms with Crippen molar-refractivity contribution in [1.82, 2.24) is 0 Å². The Bertz CT molecular complexity index is 392. The summed E-state index contributed by atoms with van der Waals surface area (Å²) in [7, 11) is 1.34. The molecule has 7 heteroatoms. The second-order valence-electron chi connectivity index (χ2n) is 3.53. The third-order valence-electron chi connectivity index (χ3n) is 2.11. The van der Waals surface area contributed by atoms with E-state index in [4.69, 9.17) is 4.74 Å². The Morgan fingerprint density at radius 1 is 1.33 bits per heavy atom. The van der Waals surface area contributed by atoms with Gasteiger partial charge in [-0.25, -0.2) is 4.39 Å². The molecule has 0 heterocycles. The average Bonchev–Trinajstić information content (AvgIpc) is 2.26. The first-order chi connectivity index (χ1) is 8.33. The molecule has 0 bridgehead atoms. The molecule has 102 valence electrons. The minimum atomic E-state index is -4.47. The van der Waals surface area contributed by atoms with Gasteiger partial charge in [0.15, 0.2) is 0 Å². The van der Waals surface area contributed by atoms with Crippen molar-refractivity contribution < 1.29 is 32.1 Å². The van der Waals surface area contributed by atoms with E-state index in [2.05, 4.69) is 4.74 Å². The molecule has 1 aromatic rings. The number of hydrogen-bond donors (Lipinski definition) is 1. The zero-order valence-corrected chi connectivity index (χ0v) is 9.50. The molecule has 1 unspecified atom stereocenters. The van der Waals surface area contributed by atoms with Gasteiger partial charge in [-0.3, -0.25) is 0 Å². The first-order valence-corrected chi connectivity index (χ1v) is 4.99. The predicted molar refractivity (Wildman–Crippen MR) is 54.8 cm³/mol. The summed E-state index contributed by atoms with van der Waals surface area (Å²) in [5.41, 5.74) is -0.141. The Morgan fingerprint density at radius 3 is 2.50 bits per heavy atom. The number of rotatable bonds is 5. The fraction of sp³-hybridized carbons (Fsp3) is 0.455. The monoisotopic (exact) mass is 268 g/mol. The van der Waals surface area contributed by atoms with Crippen molar-refractivity contribution in [3.8, 4) is 5.75 Å². The van der Waals surface area contributed by atoms with E-state index >= 15 is 0 Å². The molecule has 0 saturated heterocycles. The van der Waals surface area contributed by atoms with Crippen LogP contribution in [0.1, 0.15) is 11.7 Å². The fourth-order valence-corrected chi connectivity index (χ4v) is 1.28. The normalized spacial score (nSPS) is 13.4. The van der Waals surface area contributed by atoms with Crippen LogP contribution in [-0.4, -0.2) is 31.6 Å². The molecular formula is C11H12F4O3. The van der Waals surface area contributed by atoms with Crippen LogP contribution in [0.15, 0.2) is 18.2 Å². The highest BCUT2D eigenvalue weighted by molar-refractivity contribution is 5.30. The van der Waals surface area contributed by atoms with Crippen LogP contribution in [0.4, 0.5) is 17.6 Å². The summed E-state index contributed by atoms with van der Waals surface area (Å²) in [5, 5.41) is 9.49. The molecule has 1 rings (SSSR count). The summed E-state index contributed by atoms with van der Waals surface area (Å²) in [6.45, 7) is -2.12. The minimum absolute atomic E-state index is 0.141. The summed E-state index contributed by atoms with van der Waals surface area (Å²) >= 11 is 0. The van der Waals surface area contributed by atoms with Crippen LogP contribution in [0.2, 0.25) is 0 Å². The van der Waals surface area contributed by atoms with Gasteiger partial charge in [-0.1, -0.05) is 0 Å². The largest absolute Gasteiger partial charge is 0.497 e. The number of aliphatic hydroxyl groups is 1. The quantitative estimate of drug-likeness (QED) is 0.834. The Balaban J connectivity index is 2.59. The predicted octanol–water partition coefficient (Wildman–Crippen LogP) is 2.45. The van der Waals surface area contributed by atoms with Crippen molar-refractivity contribution in [2.24, 2.45) is 0 Å². The van der Waals surface area contributed by atoms with E-state index in [-0.39, 0.29) is 11.3 Å². The van der Waals surface area contributed by atoms with Crippen molar-refractivity contribution in [3.63, 3.8) is 0 Å². The molecule has 0 aliphatic carbocycles. The smallest absolute Gasteiger partial charge is 0.411 e. The summed E-state index contributed by atoms with van der Waals surface area (Å²) in [6.07, 6.45) is -5.93. The van der Waals surface area contributed by atoms with Crippen molar-refractivity contribution in [1.29, 1.82) is 0 Å². The molecule has 0 fully saturated rings. The molecular weight excluding hydrogens is 256 g/mol. The van der Waals surface area contributed by atoms with Gasteiger partial charge in [0.05, 0.1) is 13.7 Å². The van der Waals surface area contributed by atoms with Crippen LogP contribution >= 0.6 is 0 Å². The number of benzene rings is 1. The number of halogens is 4. The van der Waals surface area contributed by atoms with Gasteiger partial charge in [-0.15, -0.1) is 0 Å². The molecule has 0 aliphatic rings. The van der Waals surface area contributed by atoms with Crippen LogP contribution in [-0.2, 0) is 4.74 Å². The van der Waals surface area contributed by atoms with E-state index in [1.165, 1.54) is 19.2 Å². The second-order valence-corrected chi connectivity index (χ2v) is 3.53. The van der Waals surface area contributed by atoms with Crippen molar-refractivity contribution >= 4 is 0 Å². The maximum absolute atomic E-state index is 13.4. The van der Waals surface area contributed by atoms with Crippen molar-refractivity contribution in [2.75, 3.05) is 20.3 Å². The molecule has 0 spiro atoms. The lowest BCUT2D eigenvalue weighted by molar-refractivity contribution is -0.179. The number of alkyl halides is 3. The number of ether oxygens (including phenoxy) is 2. The van der Waals surface area contributed by atoms with Gasteiger partial charge >= 0.3 is 6.18 Å². The highest BCUT2D eigenvalue weighted by Gasteiger charge is 2.28. The first-order valence-electron chi connectivity index (χ1n) is 4.99. The molecule has 1 aromatic carbocycles. The third kappa shape index (κ3) is 4.50. The van der Waals surface area contributed by atoms with Gasteiger partial charge < -0.3 is 14.6 Å². The Labute approximate surface area is 101 Å². The van der Waals surface area contributed by atoms with Gasteiger partial charge in [-0.05, 0) is 12.1 Å². The van der Waals surface area contributed by atoms with Gasteiger partial charge in [0, 0.05) is 11.6 Å². The molecule has 18 heavy (non-hydrogen) atoms. The minimum Gasteiger partial charge on any atom is -0.497 e. The number of aliphatic hydroxyl groups excluding tert-OH is 1. The third-order valence-corrected chi connectivity index (χ3v) is 2.11. The Kier molecular flexibility index (Phi) is 4.92. The molecule has 1 atom stereocenters. The van der Waals surface area contributed by atoms with E-state index in [9.17, 15) is 22.7 Å². The van der Waals surface area contributed by atoms with Gasteiger partial charge in [-0.2, -0.15) is 13.2 Å². The van der Waals surface area contributed by atoms with Crippen LogP contribution in [0, 0.1) is 5.82 Å². The maximum Gasteiger partial charge on any atom is 0.411 e. The Morgan fingerprint density at radius 2 is 2.00 bits per heavy atom. The zero-order valence-electron chi connectivity index (χ0n) is 9.50. The summed E-state index contributed by atoms with van der Waals surface area (Å²) in [4.78, 5) is 0. The summed E-state index contributed by atoms with van der Waals surface area (Å²) in [5.74, 6) is -0.517. The number of hydrogen-bond acceptors (Lipinski definition) is 3. The average molecular weight is 268 g/mol.